The molecule has 1 saturated heterocycles. The van der Waals surface area contributed by atoms with Gasteiger partial charge in [0, 0.05) is 49.6 Å². The second-order valence-electron chi connectivity index (χ2n) is 13.4. The largest absolute Gasteiger partial charge is 0.456 e. The summed E-state index contributed by atoms with van der Waals surface area (Å²) in [7, 11) is 0. The Hall–Kier alpha value is -4.53. The van der Waals surface area contributed by atoms with Gasteiger partial charge in [0.05, 0.1) is 12.2 Å². The SMILES string of the molecule is CCCCCC1(CCCCC)OC2C=C(C(=O)NCc3cccc(C(=O)NCCO)c3)CC(OC(=O)c3ccc(C=CC(=O)OCC(F)(F)F)cc3)C2O1. The first-order chi connectivity index (χ1) is 25.8. The highest BCUT2D eigenvalue weighted by molar-refractivity contribution is 5.95. The van der Waals surface area contributed by atoms with Gasteiger partial charge in [0.1, 0.15) is 18.3 Å². The number of esters is 2. The predicted molar refractivity (Wildman–Crippen MR) is 193 cm³/mol. The van der Waals surface area contributed by atoms with Crippen LogP contribution in [0.3, 0.4) is 0 Å². The number of amides is 2. The molecule has 4 rings (SSSR count). The Kier molecular flexibility index (Phi) is 15.8. The van der Waals surface area contributed by atoms with E-state index in [1.54, 1.807) is 30.3 Å². The lowest BCUT2D eigenvalue weighted by Crippen LogP contribution is -2.43. The fourth-order valence-electron chi connectivity index (χ4n) is 6.29. The molecule has 0 bridgehead atoms. The van der Waals surface area contributed by atoms with E-state index in [-0.39, 0.29) is 37.6 Å². The molecule has 11 nitrogen and oxygen atoms in total. The fourth-order valence-corrected chi connectivity index (χ4v) is 6.29. The zero-order valence-corrected chi connectivity index (χ0v) is 30.6. The van der Waals surface area contributed by atoms with Crippen LogP contribution in [0.5, 0.6) is 0 Å². The van der Waals surface area contributed by atoms with Gasteiger partial charge in [-0.3, -0.25) is 9.59 Å². The number of carbonyl (C=O) groups excluding carboxylic acids is 4. The maximum absolute atomic E-state index is 13.6. The predicted octanol–water partition coefficient (Wildman–Crippen LogP) is 6.34. The smallest absolute Gasteiger partial charge is 0.422 e. The maximum Gasteiger partial charge on any atom is 0.422 e. The van der Waals surface area contributed by atoms with Crippen LogP contribution in [0.25, 0.3) is 6.08 Å². The molecule has 2 aromatic carbocycles. The van der Waals surface area contributed by atoms with E-state index >= 15 is 0 Å². The Morgan fingerprint density at radius 1 is 0.926 bits per heavy atom. The number of benzene rings is 2. The number of ether oxygens (including phenoxy) is 4. The average molecular weight is 759 g/mol. The van der Waals surface area contributed by atoms with Gasteiger partial charge in [-0.1, -0.05) is 63.8 Å². The first-order valence-corrected chi connectivity index (χ1v) is 18.4. The highest BCUT2D eigenvalue weighted by Crippen LogP contribution is 2.43. The summed E-state index contributed by atoms with van der Waals surface area (Å²) in [5, 5.41) is 14.5. The summed E-state index contributed by atoms with van der Waals surface area (Å²) in [5.41, 5.74) is 2.02. The molecular formula is C40H49F3N2O9. The van der Waals surface area contributed by atoms with Crippen molar-refractivity contribution in [2.45, 2.75) is 108 Å². The highest BCUT2D eigenvalue weighted by atomic mass is 19.4. The monoisotopic (exact) mass is 758 g/mol. The number of nitrogens with one attached hydrogen (secondary N) is 2. The number of hydrogen-bond acceptors (Lipinski definition) is 9. The summed E-state index contributed by atoms with van der Waals surface area (Å²) >= 11 is 0. The van der Waals surface area contributed by atoms with E-state index in [0.717, 1.165) is 44.6 Å². The molecule has 14 heteroatoms. The van der Waals surface area contributed by atoms with Crippen molar-refractivity contribution in [3.8, 4) is 0 Å². The third kappa shape index (κ3) is 12.8. The van der Waals surface area contributed by atoms with Crippen molar-refractivity contribution in [3.05, 3.63) is 88.5 Å². The number of alkyl halides is 3. The molecule has 2 aromatic rings. The van der Waals surface area contributed by atoms with Crippen LogP contribution in [-0.2, 0) is 35.1 Å². The van der Waals surface area contributed by atoms with E-state index < -0.39 is 54.7 Å². The topological polar surface area (TPSA) is 149 Å². The van der Waals surface area contributed by atoms with Gasteiger partial charge in [0.25, 0.3) is 5.91 Å². The van der Waals surface area contributed by atoms with Crippen molar-refractivity contribution in [1.29, 1.82) is 0 Å². The van der Waals surface area contributed by atoms with E-state index in [1.165, 1.54) is 30.3 Å². The van der Waals surface area contributed by atoms with Crippen LogP contribution in [0.2, 0.25) is 0 Å². The van der Waals surface area contributed by atoms with Crippen molar-refractivity contribution in [2.24, 2.45) is 0 Å². The van der Waals surface area contributed by atoms with Gasteiger partial charge in [-0.2, -0.15) is 13.2 Å². The zero-order chi connectivity index (χ0) is 39.1. The summed E-state index contributed by atoms with van der Waals surface area (Å²) < 4.78 is 60.5. The van der Waals surface area contributed by atoms with E-state index in [1.807, 2.05) is 0 Å². The number of hydrogen-bond donors (Lipinski definition) is 3. The normalized spacial score (nSPS) is 19.1. The fraction of sp³-hybridized carbons (Fsp3) is 0.500. The van der Waals surface area contributed by atoms with Crippen molar-refractivity contribution in [2.75, 3.05) is 19.8 Å². The van der Waals surface area contributed by atoms with Crippen LogP contribution >= 0.6 is 0 Å². The molecule has 1 aliphatic carbocycles. The molecule has 0 aromatic heterocycles. The average Bonchev–Trinajstić information content (AvgIpc) is 3.53. The number of rotatable bonds is 19. The Labute approximate surface area is 313 Å². The Morgan fingerprint density at radius 2 is 1.63 bits per heavy atom. The lowest BCUT2D eigenvalue weighted by molar-refractivity contribution is -0.190. The molecule has 2 aliphatic rings. The van der Waals surface area contributed by atoms with Crippen LogP contribution in [0.4, 0.5) is 13.2 Å². The van der Waals surface area contributed by atoms with Crippen LogP contribution in [0.15, 0.2) is 66.3 Å². The molecule has 0 saturated carbocycles. The van der Waals surface area contributed by atoms with Gasteiger partial charge < -0.3 is 34.7 Å². The van der Waals surface area contributed by atoms with Crippen molar-refractivity contribution in [1.82, 2.24) is 10.6 Å². The molecule has 3 N–H and O–H groups in total. The summed E-state index contributed by atoms with van der Waals surface area (Å²) in [4.78, 5) is 51.1. The van der Waals surface area contributed by atoms with Gasteiger partial charge in [0.2, 0.25) is 5.91 Å². The summed E-state index contributed by atoms with van der Waals surface area (Å²) in [6, 6.07) is 12.7. The van der Waals surface area contributed by atoms with Crippen molar-refractivity contribution in [3.63, 3.8) is 0 Å². The molecule has 0 radical (unpaired) electrons. The van der Waals surface area contributed by atoms with Gasteiger partial charge in [-0.05, 0) is 60.4 Å². The highest BCUT2D eigenvalue weighted by Gasteiger charge is 2.52. The molecular weight excluding hydrogens is 709 g/mol. The quantitative estimate of drug-likeness (QED) is 0.0848. The van der Waals surface area contributed by atoms with E-state index in [9.17, 15) is 32.3 Å². The molecule has 1 fully saturated rings. The van der Waals surface area contributed by atoms with Gasteiger partial charge in [-0.15, -0.1) is 0 Å². The Morgan fingerprint density at radius 3 is 2.28 bits per heavy atom. The molecule has 1 aliphatic heterocycles. The summed E-state index contributed by atoms with van der Waals surface area (Å²) in [6.45, 7) is 2.57. The van der Waals surface area contributed by atoms with Gasteiger partial charge in [0.15, 0.2) is 12.4 Å². The summed E-state index contributed by atoms with van der Waals surface area (Å²) in [5.74, 6) is -3.50. The summed E-state index contributed by atoms with van der Waals surface area (Å²) in [6.07, 6.45) is 4.10. The number of halogens is 3. The maximum atomic E-state index is 13.6. The zero-order valence-electron chi connectivity index (χ0n) is 30.6. The Bertz CT molecular complexity index is 1630. The molecule has 0 spiro atoms. The number of unbranched alkanes of at least 4 members (excludes halogenated alkanes) is 4. The standard InChI is InChI=1S/C40H49F3N2O9/c1-3-5-7-18-39(19-8-6-4-2)53-33-24-31(37(49)45-25-28-10-9-11-30(22-28)36(48)44-20-21-46)23-32(35(33)54-39)52-38(50)29-15-12-27(13-16-29)14-17-34(47)51-26-40(41,42)43/h9-17,22,24,32-33,35,46H,3-8,18-21,23,25-26H2,1-2H3,(H,44,48)(H,45,49). The first-order valence-electron chi connectivity index (χ1n) is 18.4. The number of carbonyl (C=O) groups is 4. The lowest BCUT2D eigenvalue weighted by atomic mass is 9.91. The molecule has 3 unspecified atom stereocenters. The Balaban J connectivity index is 1.50. The van der Waals surface area contributed by atoms with Gasteiger partial charge >= 0.3 is 18.1 Å². The molecule has 1 heterocycles. The second-order valence-corrected chi connectivity index (χ2v) is 13.4. The van der Waals surface area contributed by atoms with Crippen LogP contribution < -0.4 is 10.6 Å². The van der Waals surface area contributed by atoms with E-state index in [0.29, 0.717) is 35.1 Å². The second kappa shape index (κ2) is 20.2. The number of aliphatic hydroxyl groups is 1. The minimum Gasteiger partial charge on any atom is -0.456 e. The molecule has 54 heavy (non-hydrogen) atoms. The third-order valence-corrected chi connectivity index (χ3v) is 9.03. The van der Waals surface area contributed by atoms with Crippen LogP contribution in [0.1, 0.15) is 103 Å². The number of fused-ring (bicyclic) bond motifs is 1. The third-order valence-electron chi connectivity index (χ3n) is 9.03. The minimum atomic E-state index is -4.64. The van der Waals surface area contributed by atoms with E-state index in [4.69, 9.17) is 19.3 Å². The van der Waals surface area contributed by atoms with Crippen LogP contribution in [-0.4, -0.2) is 78.9 Å². The first kappa shape index (κ1) is 42.2. The lowest BCUT2D eigenvalue weighted by Gasteiger charge is -2.31. The minimum absolute atomic E-state index is 0.0482. The molecule has 3 atom stereocenters. The van der Waals surface area contributed by atoms with Crippen molar-refractivity contribution < 1.29 is 56.4 Å². The van der Waals surface area contributed by atoms with Gasteiger partial charge in [-0.25, -0.2) is 9.59 Å². The number of aliphatic hydroxyl groups excluding tert-OH is 1. The van der Waals surface area contributed by atoms with Crippen molar-refractivity contribution >= 4 is 29.8 Å². The van der Waals surface area contributed by atoms with Crippen LogP contribution in [0, 0.1) is 0 Å². The molecule has 2 amide bonds. The van der Waals surface area contributed by atoms with E-state index in [2.05, 4.69) is 29.2 Å². The molecule has 294 valence electrons.